The smallest absolute Gasteiger partial charge is 0.0995 e. The fourth-order valence-electron chi connectivity index (χ4n) is 1.67. The third-order valence-corrected chi connectivity index (χ3v) is 2.47. The lowest BCUT2D eigenvalue weighted by molar-refractivity contribution is -0.0532. The number of aryl methyl sites for hydroxylation is 1. The van der Waals surface area contributed by atoms with Gasteiger partial charge in [0.05, 0.1) is 24.3 Å². The van der Waals surface area contributed by atoms with Gasteiger partial charge in [-0.15, -0.1) is 0 Å². The van der Waals surface area contributed by atoms with Gasteiger partial charge in [0, 0.05) is 12.0 Å². The van der Waals surface area contributed by atoms with Crippen molar-refractivity contribution >= 4 is 0 Å². The van der Waals surface area contributed by atoms with Crippen molar-refractivity contribution in [3.63, 3.8) is 0 Å². The number of hydrogen-bond acceptors (Lipinski definition) is 2. The normalized spacial score (nSPS) is 20.5. The maximum absolute atomic E-state index is 8.91. The molecule has 0 aromatic heterocycles. The van der Waals surface area contributed by atoms with E-state index >= 15 is 0 Å². The Balaban J connectivity index is 2.46. The van der Waals surface area contributed by atoms with Gasteiger partial charge >= 0.3 is 0 Å². The van der Waals surface area contributed by atoms with Gasteiger partial charge in [-0.25, -0.2) is 0 Å². The molecule has 1 fully saturated rings. The summed E-state index contributed by atoms with van der Waals surface area (Å²) in [5.74, 6) is 0. The van der Waals surface area contributed by atoms with Crippen LogP contribution >= 0.6 is 0 Å². The average Bonchev–Trinajstić information content (AvgIpc) is 2.05. The highest BCUT2D eigenvalue weighted by Crippen LogP contribution is 2.33. The van der Waals surface area contributed by atoms with E-state index in [1.165, 1.54) is 0 Å². The molecule has 1 aliphatic heterocycles. The Hall–Kier alpha value is -1.33. The van der Waals surface area contributed by atoms with Gasteiger partial charge < -0.3 is 4.74 Å². The van der Waals surface area contributed by atoms with Crippen molar-refractivity contribution in [3.8, 4) is 6.07 Å². The van der Waals surface area contributed by atoms with Crippen LogP contribution < -0.4 is 0 Å². The zero-order chi connectivity index (χ0) is 9.26. The first kappa shape index (κ1) is 8.28. The molecule has 1 unspecified atom stereocenters. The summed E-state index contributed by atoms with van der Waals surface area (Å²) in [6.07, 6.45) is 1.20. The molecule has 0 spiro atoms. The van der Waals surface area contributed by atoms with E-state index in [-0.39, 0.29) is 6.10 Å². The van der Waals surface area contributed by atoms with E-state index in [4.69, 9.17) is 10.00 Å². The fraction of sp³-hybridized carbons (Fsp3) is 0.364. The molecule has 1 aromatic rings. The van der Waals surface area contributed by atoms with Crippen LogP contribution in [-0.2, 0) is 4.74 Å². The molecule has 0 bridgehead atoms. The van der Waals surface area contributed by atoms with Gasteiger partial charge in [-0.1, -0.05) is 12.1 Å². The standard InChI is InChI=1S/C11H11NO/c1-8-3-2-4-9(7-12)11(8)10-5-6-13-10/h2-4,10H,5-6H2,1H3. The first-order valence-corrected chi connectivity index (χ1v) is 4.44. The zero-order valence-electron chi connectivity index (χ0n) is 7.58. The summed E-state index contributed by atoms with van der Waals surface area (Å²) >= 11 is 0. The first-order chi connectivity index (χ1) is 6.33. The van der Waals surface area contributed by atoms with E-state index in [2.05, 4.69) is 6.07 Å². The fourth-order valence-corrected chi connectivity index (χ4v) is 1.67. The monoisotopic (exact) mass is 173 g/mol. The minimum absolute atomic E-state index is 0.163. The summed E-state index contributed by atoms with van der Waals surface area (Å²) in [7, 11) is 0. The van der Waals surface area contributed by atoms with Gasteiger partial charge in [-0.05, 0) is 18.6 Å². The predicted molar refractivity (Wildman–Crippen MR) is 49.2 cm³/mol. The molecule has 1 heterocycles. The maximum atomic E-state index is 8.91. The molecule has 0 N–H and O–H groups in total. The van der Waals surface area contributed by atoms with Crippen LogP contribution in [0.1, 0.15) is 29.2 Å². The Morgan fingerprint density at radius 2 is 2.31 bits per heavy atom. The van der Waals surface area contributed by atoms with Crippen molar-refractivity contribution < 1.29 is 4.74 Å². The van der Waals surface area contributed by atoms with E-state index in [1.54, 1.807) is 0 Å². The van der Waals surface area contributed by atoms with Crippen LogP contribution in [0.3, 0.4) is 0 Å². The molecule has 2 nitrogen and oxygen atoms in total. The third-order valence-electron chi connectivity index (χ3n) is 2.47. The van der Waals surface area contributed by atoms with Crippen LogP contribution in [0.5, 0.6) is 0 Å². The summed E-state index contributed by atoms with van der Waals surface area (Å²) < 4.78 is 5.39. The number of ether oxygens (including phenoxy) is 1. The van der Waals surface area contributed by atoms with Crippen molar-refractivity contribution in [2.24, 2.45) is 0 Å². The summed E-state index contributed by atoms with van der Waals surface area (Å²) in [6.45, 7) is 2.85. The largest absolute Gasteiger partial charge is 0.373 e. The lowest BCUT2D eigenvalue weighted by Gasteiger charge is -2.28. The number of nitrogens with zero attached hydrogens (tertiary/aromatic N) is 1. The van der Waals surface area contributed by atoms with E-state index in [1.807, 2.05) is 25.1 Å². The van der Waals surface area contributed by atoms with Gasteiger partial charge in [-0.3, -0.25) is 0 Å². The number of benzene rings is 1. The number of nitriles is 1. The minimum atomic E-state index is 0.163. The van der Waals surface area contributed by atoms with Crippen molar-refractivity contribution in [3.05, 3.63) is 34.9 Å². The molecular formula is C11H11NO. The maximum Gasteiger partial charge on any atom is 0.0995 e. The lowest BCUT2D eigenvalue weighted by Crippen LogP contribution is -2.20. The summed E-state index contributed by atoms with van der Waals surface area (Å²) in [5, 5.41) is 8.91. The van der Waals surface area contributed by atoms with Gasteiger partial charge in [-0.2, -0.15) is 5.26 Å². The highest BCUT2D eigenvalue weighted by Gasteiger charge is 2.24. The van der Waals surface area contributed by atoms with E-state index in [9.17, 15) is 0 Å². The third kappa shape index (κ3) is 1.32. The second kappa shape index (κ2) is 3.20. The van der Waals surface area contributed by atoms with Gasteiger partial charge in [0.15, 0.2) is 0 Å². The van der Waals surface area contributed by atoms with Crippen molar-refractivity contribution in [2.45, 2.75) is 19.4 Å². The van der Waals surface area contributed by atoms with E-state index in [0.717, 1.165) is 29.7 Å². The molecule has 0 radical (unpaired) electrons. The van der Waals surface area contributed by atoms with Crippen LogP contribution in [-0.4, -0.2) is 6.61 Å². The lowest BCUT2D eigenvalue weighted by atomic mass is 9.94. The summed E-state index contributed by atoms with van der Waals surface area (Å²) in [5.41, 5.74) is 2.99. The second-order valence-corrected chi connectivity index (χ2v) is 3.30. The predicted octanol–water partition coefficient (Wildman–Crippen LogP) is 2.33. The molecule has 1 atom stereocenters. The summed E-state index contributed by atoms with van der Waals surface area (Å²) in [6, 6.07) is 8.00. The SMILES string of the molecule is Cc1cccc(C#N)c1C1CCO1. The minimum Gasteiger partial charge on any atom is -0.373 e. The zero-order valence-corrected chi connectivity index (χ0v) is 7.58. The van der Waals surface area contributed by atoms with Crippen LogP contribution in [0.15, 0.2) is 18.2 Å². The Morgan fingerprint density at radius 3 is 2.85 bits per heavy atom. The number of rotatable bonds is 1. The summed E-state index contributed by atoms with van der Waals surface area (Å²) in [4.78, 5) is 0. The quantitative estimate of drug-likeness (QED) is 0.653. The molecule has 2 rings (SSSR count). The molecule has 0 amide bonds. The van der Waals surface area contributed by atoms with Crippen LogP contribution in [0.2, 0.25) is 0 Å². The highest BCUT2D eigenvalue weighted by molar-refractivity contribution is 5.44. The molecule has 66 valence electrons. The molecule has 2 heteroatoms. The van der Waals surface area contributed by atoms with Crippen LogP contribution in [0.4, 0.5) is 0 Å². The molecule has 1 saturated heterocycles. The Kier molecular flexibility index (Phi) is 2.03. The first-order valence-electron chi connectivity index (χ1n) is 4.44. The van der Waals surface area contributed by atoms with Crippen molar-refractivity contribution in [2.75, 3.05) is 6.61 Å². The molecule has 13 heavy (non-hydrogen) atoms. The van der Waals surface area contributed by atoms with Crippen LogP contribution in [0, 0.1) is 18.3 Å². The second-order valence-electron chi connectivity index (χ2n) is 3.30. The van der Waals surface area contributed by atoms with Crippen molar-refractivity contribution in [1.82, 2.24) is 0 Å². The molecular weight excluding hydrogens is 162 g/mol. The van der Waals surface area contributed by atoms with Gasteiger partial charge in [0.1, 0.15) is 0 Å². The average molecular weight is 173 g/mol. The highest BCUT2D eigenvalue weighted by atomic mass is 16.5. The molecule has 0 saturated carbocycles. The van der Waals surface area contributed by atoms with Gasteiger partial charge in [0.2, 0.25) is 0 Å². The molecule has 1 aromatic carbocycles. The number of hydrogen-bond donors (Lipinski definition) is 0. The van der Waals surface area contributed by atoms with Crippen LogP contribution in [0.25, 0.3) is 0 Å². The topological polar surface area (TPSA) is 33.0 Å². The Morgan fingerprint density at radius 1 is 1.54 bits per heavy atom. The van der Waals surface area contributed by atoms with E-state index < -0.39 is 0 Å². The van der Waals surface area contributed by atoms with E-state index in [0.29, 0.717) is 0 Å². The van der Waals surface area contributed by atoms with Crippen molar-refractivity contribution in [1.29, 1.82) is 5.26 Å². The molecule has 1 aliphatic rings. The van der Waals surface area contributed by atoms with Gasteiger partial charge in [0.25, 0.3) is 0 Å². The molecule has 0 aliphatic carbocycles. The Bertz CT molecular complexity index is 361. The Labute approximate surface area is 77.8 Å².